The zero-order valence-corrected chi connectivity index (χ0v) is 16.9. The Bertz CT molecular complexity index is 944. The highest BCUT2D eigenvalue weighted by atomic mass is 35.5. The van der Waals surface area contributed by atoms with E-state index in [2.05, 4.69) is 10.3 Å². The maximum Gasteiger partial charge on any atom is 0.417 e. The van der Waals surface area contributed by atoms with Crippen molar-refractivity contribution in [1.82, 2.24) is 9.88 Å². The van der Waals surface area contributed by atoms with E-state index in [4.69, 9.17) is 11.6 Å². The minimum absolute atomic E-state index is 0.0313. The second kappa shape index (κ2) is 8.91. The van der Waals surface area contributed by atoms with Gasteiger partial charge in [0, 0.05) is 43.6 Å². The molecule has 0 bridgehead atoms. The third kappa shape index (κ3) is 5.02. The van der Waals surface area contributed by atoms with Crippen molar-refractivity contribution in [2.75, 3.05) is 42.9 Å². The molecular formula is C20H20ClF3N4O2. The van der Waals surface area contributed by atoms with Crippen LogP contribution in [-0.4, -0.2) is 54.3 Å². The minimum atomic E-state index is -4.51. The van der Waals surface area contributed by atoms with Crippen LogP contribution < -0.4 is 10.2 Å². The largest absolute Gasteiger partial charge is 0.417 e. The standard InChI is InChI=1S/C20H20ClF3N4O2/c1-13(29)15-4-2-3-5-17(15)25-12-18(30)27-6-8-28(9-7-27)19-16(21)10-14(11-26-19)20(22,23)24/h2-5,10-11,25H,6-9,12H2,1H3. The molecule has 6 nitrogen and oxygen atoms in total. The molecule has 1 saturated heterocycles. The highest BCUT2D eigenvalue weighted by molar-refractivity contribution is 6.33. The molecule has 1 aliphatic rings. The number of hydrogen-bond donors (Lipinski definition) is 1. The van der Waals surface area contributed by atoms with E-state index in [1.165, 1.54) is 6.92 Å². The number of alkyl halides is 3. The van der Waals surface area contributed by atoms with Crippen LogP contribution in [0.25, 0.3) is 0 Å². The van der Waals surface area contributed by atoms with E-state index in [1.807, 2.05) is 0 Å². The van der Waals surface area contributed by atoms with Crippen LogP contribution in [0.1, 0.15) is 22.8 Å². The van der Waals surface area contributed by atoms with Gasteiger partial charge in [0.15, 0.2) is 5.78 Å². The molecular weight excluding hydrogens is 421 g/mol. The molecule has 0 saturated carbocycles. The molecule has 2 aromatic rings. The smallest absolute Gasteiger partial charge is 0.376 e. The summed E-state index contributed by atoms with van der Waals surface area (Å²) in [6.07, 6.45) is -3.75. The molecule has 1 aromatic carbocycles. The zero-order chi connectivity index (χ0) is 21.9. The van der Waals surface area contributed by atoms with Gasteiger partial charge in [-0.25, -0.2) is 4.98 Å². The molecule has 1 aliphatic heterocycles. The van der Waals surface area contributed by atoms with Gasteiger partial charge in [0.2, 0.25) is 5.91 Å². The molecule has 0 aliphatic carbocycles. The summed E-state index contributed by atoms with van der Waals surface area (Å²) >= 11 is 6.00. The van der Waals surface area contributed by atoms with Gasteiger partial charge in [0.1, 0.15) is 5.82 Å². The van der Waals surface area contributed by atoms with E-state index in [-0.39, 0.29) is 29.1 Å². The molecule has 1 fully saturated rings. The lowest BCUT2D eigenvalue weighted by atomic mass is 10.1. The summed E-state index contributed by atoms with van der Waals surface area (Å²) in [5.74, 6) is 0.0323. The zero-order valence-electron chi connectivity index (χ0n) is 16.2. The maximum atomic E-state index is 12.8. The van der Waals surface area contributed by atoms with Crippen molar-refractivity contribution in [1.29, 1.82) is 0 Å². The molecule has 1 N–H and O–H groups in total. The number of pyridine rings is 1. The van der Waals surface area contributed by atoms with Gasteiger partial charge in [-0.3, -0.25) is 9.59 Å². The average Bonchev–Trinajstić information content (AvgIpc) is 2.71. The molecule has 0 unspecified atom stereocenters. The van der Waals surface area contributed by atoms with Crippen LogP contribution in [0.2, 0.25) is 5.02 Å². The number of rotatable bonds is 5. The van der Waals surface area contributed by atoms with Gasteiger partial charge in [0.05, 0.1) is 17.1 Å². The van der Waals surface area contributed by atoms with E-state index >= 15 is 0 Å². The van der Waals surface area contributed by atoms with Gasteiger partial charge in [-0.1, -0.05) is 23.7 Å². The number of nitrogens with zero attached hydrogens (tertiary/aromatic N) is 3. The average molecular weight is 441 g/mol. The van der Waals surface area contributed by atoms with Gasteiger partial charge >= 0.3 is 6.18 Å². The SMILES string of the molecule is CC(=O)c1ccccc1NCC(=O)N1CCN(c2ncc(C(F)(F)F)cc2Cl)CC1. The Labute approximate surface area is 176 Å². The number of Topliss-reactive ketones (excluding diaryl/α,β-unsaturated/α-hetero) is 1. The third-order valence-corrected chi connectivity index (χ3v) is 5.10. The third-order valence-electron chi connectivity index (χ3n) is 4.82. The van der Waals surface area contributed by atoms with Crippen LogP contribution in [0.15, 0.2) is 36.5 Å². The Hall–Kier alpha value is -2.81. The van der Waals surface area contributed by atoms with Crippen molar-refractivity contribution in [3.63, 3.8) is 0 Å². The number of hydrogen-bond acceptors (Lipinski definition) is 5. The summed E-state index contributed by atoms with van der Waals surface area (Å²) in [6.45, 7) is 3.05. The first-order valence-corrected chi connectivity index (χ1v) is 9.64. The Kier molecular flexibility index (Phi) is 6.50. The molecule has 30 heavy (non-hydrogen) atoms. The fraction of sp³-hybridized carbons (Fsp3) is 0.350. The molecule has 0 radical (unpaired) electrons. The van der Waals surface area contributed by atoms with E-state index in [1.54, 1.807) is 34.1 Å². The van der Waals surface area contributed by atoms with Crippen molar-refractivity contribution in [2.45, 2.75) is 13.1 Å². The lowest BCUT2D eigenvalue weighted by Crippen LogP contribution is -2.50. The number of carbonyl (C=O) groups is 2. The normalized spacial score (nSPS) is 14.6. The second-order valence-corrected chi connectivity index (χ2v) is 7.26. The van der Waals surface area contributed by atoms with Gasteiger partial charge in [-0.15, -0.1) is 0 Å². The van der Waals surface area contributed by atoms with E-state index in [0.717, 1.165) is 12.3 Å². The topological polar surface area (TPSA) is 65.5 Å². The lowest BCUT2D eigenvalue weighted by Gasteiger charge is -2.36. The van der Waals surface area contributed by atoms with Crippen molar-refractivity contribution in [3.8, 4) is 0 Å². The van der Waals surface area contributed by atoms with Crippen LogP contribution in [0, 0.1) is 0 Å². The van der Waals surface area contributed by atoms with Crippen LogP contribution in [-0.2, 0) is 11.0 Å². The number of halogens is 4. The highest BCUT2D eigenvalue weighted by Gasteiger charge is 2.32. The minimum Gasteiger partial charge on any atom is -0.376 e. The van der Waals surface area contributed by atoms with Gasteiger partial charge in [-0.2, -0.15) is 13.2 Å². The Morgan fingerprint density at radius 3 is 2.43 bits per heavy atom. The number of ketones is 1. The second-order valence-electron chi connectivity index (χ2n) is 6.85. The van der Waals surface area contributed by atoms with Crippen LogP contribution >= 0.6 is 11.6 Å². The van der Waals surface area contributed by atoms with Crippen molar-refractivity contribution >= 4 is 34.8 Å². The van der Waals surface area contributed by atoms with E-state index in [0.29, 0.717) is 37.4 Å². The highest BCUT2D eigenvalue weighted by Crippen LogP contribution is 2.33. The van der Waals surface area contributed by atoms with Gasteiger partial charge in [-0.05, 0) is 25.1 Å². The quantitative estimate of drug-likeness (QED) is 0.718. The first-order chi connectivity index (χ1) is 14.2. The molecule has 1 aromatic heterocycles. The van der Waals surface area contributed by atoms with Crippen LogP contribution in [0.4, 0.5) is 24.7 Å². The summed E-state index contributed by atoms with van der Waals surface area (Å²) in [4.78, 5) is 31.4. The fourth-order valence-corrected chi connectivity index (χ4v) is 3.50. The number of anilines is 2. The number of carbonyl (C=O) groups excluding carboxylic acids is 2. The molecule has 160 valence electrons. The van der Waals surface area contributed by atoms with Gasteiger partial charge in [0.25, 0.3) is 0 Å². The van der Waals surface area contributed by atoms with E-state index < -0.39 is 11.7 Å². The lowest BCUT2D eigenvalue weighted by molar-refractivity contribution is -0.137. The number of piperazine rings is 1. The number of nitrogens with one attached hydrogen (secondary N) is 1. The molecule has 0 atom stereocenters. The molecule has 0 spiro atoms. The predicted molar refractivity (Wildman–Crippen MR) is 108 cm³/mol. The maximum absolute atomic E-state index is 12.8. The first kappa shape index (κ1) is 21.9. The Morgan fingerprint density at radius 2 is 1.83 bits per heavy atom. The molecule has 10 heteroatoms. The number of para-hydroxylation sites is 1. The molecule has 1 amide bonds. The Morgan fingerprint density at radius 1 is 1.17 bits per heavy atom. The number of aromatic nitrogens is 1. The monoisotopic (exact) mass is 440 g/mol. The number of benzene rings is 1. The van der Waals surface area contributed by atoms with Gasteiger partial charge < -0.3 is 15.1 Å². The summed E-state index contributed by atoms with van der Waals surface area (Å²) < 4.78 is 38.3. The van der Waals surface area contributed by atoms with Crippen molar-refractivity contribution < 1.29 is 22.8 Å². The first-order valence-electron chi connectivity index (χ1n) is 9.26. The van der Waals surface area contributed by atoms with Crippen molar-refractivity contribution in [3.05, 3.63) is 52.7 Å². The fourth-order valence-electron chi connectivity index (χ4n) is 3.21. The summed E-state index contributed by atoms with van der Waals surface area (Å²) in [6, 6.07) is 7.81. The van der Waals surface area contributed by atoms with E-state index in [9.17, 15) is 22.8 Å². The molecule has 3 rings (SSSR count). The Balaban J connectivity index is 1.57. The summed E-state index contributed by atoms with van der Waals surface area (Å²) in [5.41, 5.74) is 0.206. The predicted octanol–water partition coefficient (Wildman–Crippen LogP) is 3.72. The van der Waals surface area contributed by atoms with Crippen molar-refractivity contribution in [2.24, 2.45) is 0 Å². The molecule has 2 heterocycles. The summed E-state index contributed by atoms with van der Waals surface area (Å²) in [5, 5.41) is 2.92. The van der Waals surface area contributed by atoms with Crippen LogP contribution in [0.5, 0.6) is 0 Å². The van der Waals surface area contributed by atoms with Crippen LogP contribution in [0.3, 0.4) is 0 Å². The number of amides is 1. The summed E-state index contributed by atoms with van der Waals surface area (Å²) in [7, 11) is 0.